The normalized spacial score (nSPS) is 28.2. The van der Waals surface area contributed by atoms with E-state index in [0.29, 0.717) is 13.2 Å². The summed E-state index contributed by atoms with van der Waals surface area (Å²) in [4.78, 5) is 1.30. The van der Waals surface area contributed by atoms with E-state index >= 15 is 0 Å². The van der Waals surface area contributed by atoms with Crippen LogP contribution in [-0.2, 0) is 11.2 Å². The molecule has 1 fully saturated rings. The maximum absolute atomic E-state index is 10.0. The van der Waals surface area contributed by atoms with E-state index < -0.39 is 5.60 Å². The van der Waals surface area contributed by atoms with Gasteiger partial charge in [0.05, 0.1) is 12.2 Å². The van der Waals surface area contributed by atoms with Crippen LogP contribution in [0.4, 0.5) is 0 Å². The minimum atomic E-state index is -0.604. The maximum atomic E-state index is 10.0. The van der Waals surface area contributed by atoms with E-state index in [2.05, 4.69) is 18.4 Å². The number of ether oxygens (including phenoxy) is 1. The first kappa shape index (κ1) is 9.19. The molecule has 72 valence electrons. The first-order valence-corrected chi connectivity index (χ1v) is 5.40. The van der Waals surface area contributed by atoms with Crippen LogP contribution in [0.25, 0.3) is 0 Å². The number of hydrogen-bond donors (Lipinski definition) is 1. The molecule has 1 aromatic rings. The molecule has 1 atom stereocenters. The van der Waals surface area contributed by atoms with Crippen LogP contribution in [0.3, 0.4) is 0 Å². The molecule has 0 radical (unpaired) electrons. The van der Waals surface area contributed by atoms with Gasteiger partial charge >= 0.3 is 0 Å². The molecule has 1 aliphatic heterocycles. The fourth-order valence-electron chi connectivity index (χ4n) is 1.71. The molecule has 0 saturated carbocycles. The number of aliphatic hydroxyl groups is 1. The van der Waals surface area contributed by atoms with Crippen molar-refractivity contribution in [3.8, 4) is 0 Å². The van der Waals surface area contributed by atoms with Gasteiger partial charge in [0.1, 0.15) is 0 Å². The highest BCUT2D eigenvalue weighted by Gasteiger charge is 2.32. The lowest BCUT2D eigenvalue weighted by atomic mass is 9.95. The summed E-state index contributed by atoms with van der Waals surface area (Å²) in [5, 5.41) is 12.2. The summed E-state index contributed by atoms with van der Waals surface area (Å²) in [5.74, 6) is 0. The molecule has 0 aliphatic carbocycles. The van der Waals surface area contributed by atoms with E-state index in [-0.39, 0.29) is 0 Å². The topological polar surface area (TPSA) is 29.5 Å². The van der Waals surface area contributed by atoms with E-state index in [1.165, 1.54) is 10.4 Å². The minimum Gasteiger partial charge on any atom is -0.387 e. The van der Waals surface area contributed by atoms with Crippen molar-refractivity contribution in [2.75, 3.05) is 13.2 Å². The third-order valence-electron chi connectivity index (χ3n) is 2.40. The van der Waals surface area contributed by atoms with Gasteiger partial charge in [0.25, 0.3) is 0 Å². The summed E-state index contributed by atoms with van der Waals surface area (Å²) in [6.07, 6.45) is 1.50. The van der Waals surface area contributed by atoms with Crippen molar-refractivity contribution in [2.45, 2.75) is 25.4 Å². The molecular formula is C10H14O2S. The van der Waals surface area contributed by atoms with Crippen molar-refractivity contribution in [2.24, 2.45) is 0 Å². The van der Waals surface area contributed by atoms with Crippen molar-refractivity contribution in [1.29, 1.82) is 0 Å². The molecule has 2 heterocycles. The smallest absolute Gasteiger partial charge is 0.0942 e. The molecule has 1 saturated heterocycles. The molecule has 13 heavy (non-hydrogen) atoms. The summed E-state index contributed by atoms with van der Waals surface area (Å²) in [6.45, 7) is 3.27. The van der Waals surface area contributed by atoms with Crippen molar-refractivity contribution in [3.05, 3.63) is 21.9 Å². The van der Waals surface area contributed by atoms with Gasteiger partial charge in [-0.1, -0.05) is 0 Å². The van der Waals surface area contributed by atoms with E-state index in [1.807, 2.05) is 0 Å². The van der Waals surface area contributed by atoms with Gasteiger partial charge in [-0.25, -0.2) is 0 Å². The highest BCUT2D eigenvalue weighted by atomic mass is 32.1. The Hall–Kier alpha value is -0.380. The molecule has 1 aromatic heterocycles. The van der Waals surface area contributed by atoms with E-state index in [9.17, 15) is 5.11 Å². The molecule has 0 bridgehead atoms. The predicted molar refractivity (Wildman–Crippen MR) is 53.1 cm³/mol. The monoisotopic (exact) mass is 198 g/mol. The van der Waals surface area contributed by atoms with Crippen LogP contribution in [0.1, 0.15) is 16.9 Å². The Morgan fingerprint density at radius 2 is 2.54 bits per heavy atom. The third kappa shape index (κ3) is 2.10. The fourth-order valence-corrected chi connectivity index (χ4v) is 2.41. The molecule has 3 heteroatoms. The predicted octanol–water partition coefficient (Wildman–Crippen LogP) is 1.75. The van der Waals surface area contributed by atoms with E-state index in [1.54, 1.807) is 11.3 Å². The van der Waals surface area contributed by atoms with Crippen LogP contribution in [0, 0.1) is 6.92 Å². The zero-order chi connectivity index (χ0) is 9.31. The lowest BCUT2D eigenvalue weighted by Gasteiger charge is -2.18. The van der Waals surface area contributed by atoms with Gasteiger partial charge in [0, 0.05) is 24.3 Å². The molecule has 0 spiro atoms. The quantitative estimate of drug-likeness (QED) is 0.784. The molecule has 1 aliphatic rings. The van der Waals surface area contributed by atoms with Crippen molar-refractivity contribution in [1.82, 2.24) is 0 Å². The summed E-state index contributed by atoms with van der Waals surface area (Å²) in [5.41, 5.74) is 0.628. The Bertz CT molecular complexity index is 287. The Balaban J connectivity index is 2.04. The summed E-state index contributed by atoms with van der Waals surface area (Å²) >= 11 is 1.73. The Morgan fingerprint density at radius 1 is 1.69 bits per heavy atom. The molecule has 1 N–H and O–H groups in total. The van der Waals surface area contributed by atoms with Crippen LogP contribution < -0.4 is 0 Å². The highest BCUT2D eigenvalue weighted by molar-refractivity contribution is 7.10. The van der Waals surface area contributed by atoms with Gasteiger partial charge in [-0.3, -0.25) is 0 Å². The minimum absolute atomic E-state index is 0.488. The summed E-state index contributed by atoms with van der Waals surface area (Å²) in [6, 6.07) is 2.14. The number of rotatable bonds is 2. The molecule has 2 rings (SSSR count). The zero-order valence-electron chi connectivity index (χ0n) is 7.75. The Labute approximate surface area is 82.2 Å². The zero-order valence-corrected chi connectivity index (χ0v) is 8.56. The van der Waals surface area contributed by atoms with Gasteiger partial charge in [-0.2, -0.15) is 0 Å². The lowest BCUT2D eigenvalue weighted by molar-refractivity contribution is 0.0271. The van der Waals surface area contributed by atoms with Gasteiger partial charge < -0.3 is 9.84 Å². The maximum Gasteiger partial charge on any atom is 0.0942 e. The summed E-state index contributed by atoms with van der Waals surface area (Å²) in [7, 11) is 0. The molecular weight excluding hydrogens is 184 g/mol. The number of aryl methyl sites for hydroxylation is 1. The van der Waals surface area contributed by atoms with Crippen LogP contribution in [0.5, 0.6) is 0 Å². The largest absolute Gasteiger partial charge is 0.387 e. The third-order valence-corrected chi connectivity index (χ3v) is 3.31. The van der Waals surface area contributed by atoms with Crippen molar-refractivity contribution >= 4 is 11.3 Å². The number of hydrogen-bond acceptors (Lipinski definition) is 3. The lowest BCUT2D eigenvalue weighted by Crippen LogP contribution is -2.31. The molecule has 0 amide bonds. The first-order chi connectivity index (χ1) is 6.18. The first-order valence-electron chi connectivity index (χ1n) is 4.52. The van der Waals surface area contributed by atoms with Crippen LogP contribution in [0.15, 0.2) is 11.4 Å². The van der Waals surface area contributed by atoms with Crippen molar-refractivity contribution < 1.29 is 9.84 Å². The van der Waals surface area contributed by atoms with E-state index in [4.69, 9.17) is 4.74 Å². The standard InChI is InChI=1S/C10H14O2S/c1-8-4-9(6-13-8)5-10(11)2-3-12-7-10/h4,6,11H,2-3,5,7H2,1H3. The van der Waals surface area contributed by atoms with Gasteiger partial charge in [0.2, 0.25) is 0 Å². The average Bonchev–Trinajstić information content (AvgIpc) is 2.62. The summed E-state index contributed by atoms with van der Waals surface area (Å²) < 4.78 is 5.19. The molecule has 2 nitrogen and oxygen atoms in total. The van der Waals surface area contributed by atoms with Crippen LogP contribution in [-0.4, -0.2) is 23.9 Å². The van der Waals surface area contributed by atoms with Crippen LogP contribution >= 0.6 is 11.3 Å². The molecule has 0 aromatic carbocycles. The van der Waals surface area contributed by atoms with Gasteiger partial charge in [-0.05, 0) is 23.9 Å². The second-order valence-corrected chi connectivity index (χ2v) is 4.88. The van der Waals surface area contributed by atoms with Crippen LogP contribution in [0.2, 0.25) is 0 Å². The Kier molecular flexibility index (Phi) is 2.41. The number of thiophene rings is 1. The fraction of sp³-hybridized carbons (Fsp3) is 0.600. The average molecular weight is 198 g/mol. The van der Waals surface area contributed by atoms with Gasteiger partial charge in [-0.15, -0.1) is 11.3 Å². The SMILES string of the molecule is Cc1cc(CC2(O)CCOC2)cs1. The second kappa shape index (κ2) is 3.40. The highest BCUT2D eigenvalue weighted by Crippen LogP contribution is 2.25. The van der Waals surface area contributed by atoms with Gasteiger partial charge in [0.15, 0.2) is 0 Å². The van der Waals surface area contributed by atoms with Crippen molar-refractivity contribution in [3.63, 3.8) is 0 Å². The molecule has 1 unspecified atom stereocenters. The second-order valence-electron chi connectivity index (χ2n) is 3.77. The Morgan fingerprint density at radius 3 is 3.08 bits per heavy atom. The van der Waals surface area contributed by atoms with E-state index in [0.717, 1.165) is 12.8 Å².